The maximum Gasteiger partial charge on any atom is 0.231 e. The van der Waals surface area contributed by atoms with E-state index in [0.29, 0.717) is 28.8 Å². The van der Waals surface area contributed by atoms with Gasteiger partial charge in [0.25, 0.3) is 0 Å². The zero-order valence-corrected chi connectivity index (χ0v) is 13.6. The average Bonchev–Trinajstić information content (AvgIpc) is 3.18. The second-order valence-corrected chi connectivity index (χ2v) is 6.86. The van der Waals surface area contributed by atoms with Crippen LogP contribution in [-0.2, 0) is 6.42 Å². The van der Waals surface area contributed by atoms with E-state index in [1.807, 2.05) is 18.2 Å². The number of benzene rings is 1. The van der Waals surface area contributed by atoms with Gasteiger partial charge in [-0.2, -0.15) is 9.61 Å². The first kappa shape index (κ1) is 14.2. The van der Waals surface area contributed by atoms with Crippen molar-refractivity contribution >= 4 is 22.6 Å². The molecule has 3 aromatic rings. The Hall–Kier alpha value is -2.41. The molecule has 1 aliphatic heterocycles. The van der Waals surface area contributed by atoms with Gasteiger partial charge in [-0.1, -0.05) is 25.2 Å². The van der Waals surface area contributed by atoms with Crippen LogP contribution < -0.4 is 9.47 Å². The molecule has 1 aliphatic rings. The van der Waals surface area contributed by atoms with Crippen molar-refractivity contribution in [3.8, 4) is 22.8 Å². The van der Waals surface area contributed by atoms with E-state index in [1.165, 1.54) is 11.3 Å². The molecular formula is C16H15N3O3S. The Morgan fingerprint density at radius 2 is 2.17 bits per heavy atom. The van der Waals surface area contributed by atoms with Crippen molar-refractivity contribution in [1.29, 1.82) is 0 Å². The summed E-state index contributed by atoms with van der Waals surface area (Å²) in [5.41, 5.74) is 1.90. The molecule has 0 spiro atoms. The number of nitrogens with zero attached hydrogens (tertiary/aromatic N) is 3. The summed E-state index contributed by atoms with van der Waals surface area (Å²) in [5, 5.41) is 5.52. The largest absolute Gasteiger partial charge is 0.454 e. The van der Waals surface area contributed by atoms with Crippen LogP contribution in [0.25, 0.3) is 16.2 Å². The quantitative estimate of drug-likeness (QED) is 0.688. The third-order valence-electron chi connectivity index (χ3n) is 3.62. The number of carbonyl (C=O) groups is 1. The first-order chi connectivity index (χ1) is 11.2. The lowest BCUT2D eigenvalue weighted by Crippen LogP contribution is -1.98. The molecule has 0 saturated carbocycles. The summed E-state index contributed by atoms with van der Waals surface area (Å²) in [6.07, 6.45) is 1.68. The van der Waals surface area contributed by atoms with Gasteiger partial charge in [-0.15, -0.1) is 0 Å². The number of imidazole rings is 1. The molecule has 0 unspecified atom stereocenters. The van der Waals surface area contributed by atoms with E-state index < -0.39 is 0 Å². The predicted molar refractivity (Wildman–Crippen MR) is 86.4 cm³/mol. The van der Waals surface area contributed by atoms with Crippen LogP contribution in [0, 0.1) is 5.92 Å². The van der Waals surface area contributed by atoms with Crippen LogP contribution in [0.1, 0.15) is 29.3 Å². The lowest BCUT2D eigenvalue weighted by Gasteiger charge is -2.01. The van der Waals surface area contributed by atoms with Gasteiger partial charge in [-0.25, -0.2) is 4.98 Å². The summed E-state index contributed by atoms with van der Waals surface area (Å²) in [7, 11) is 0. The highest BCUT2D eigenvalue weighted by Crippen LogP contribution is 2.36. The molecular weight excluding hydrogens is 314 g/mol. The van der Waals surface area contributed by atoms with Crippen molar-refractivity contribution in [1.82, 2.24) is 14.6 Å². The number of hydrogen-bond acceptors (Lipinski definition) is 6. The molecule has 0 fully saturated rings. The Labute approximate surface area is 136 Å². The highest BCUT2D eigenvalue weighted by atomic mass is 32.1. The van der Waals surface area contributed by atoms with E-state index in [9.17, 15) is 4.79 Å². The van der Waals surface area contributed by atoms with Crippen molar-refractivity contribution in [3.05, 3.63) is 28.9 Å². The molecule has 23 heavy (non-hydrogen) atoms. The standard InChI is InChI=1S/C16H15N3O3S/c1-9(2)5-14-18-19-11(7-20)15(17-16(19)23-14)10-3-4-12-13(6-10)22-8-21-12/h3-4,6-7,9H,5,8H2,1-2H3. The van der Waals surface area contributed by atoms with Gasteiger partial charge in [0.1, 0.15) is 16.4 Å². The number of ether oxygens (including phenoxy) is 2. The third-order valence-corrected chi connectivity index (χ3v) is 4.55. The first-order valence-corrected chi connectivity index (χ1v) is 8.21. The van der Waals surface area contributed by atoms with Gasteiger partial charge in [0.2, 0.25) is 11.8 Å². The Morgan fingerprint density at radius 1 is 1.35 bits per heavy atom. The number of aldehydes is 1. The molecule has 3 heterocycles. The van der Waals surface area contributed by atoms with E-state index in [2.05, 4.69) is 23.9 Å². The second kappa shape index (κ2) is 5.34. The molecule has 0 atom stereocenters. The van der Waals surface area contributed by atoms with Gasteiger partial charge < -0.3 is 9.47 Å². The van der Waals surface area contributed by atoms with Crippen LogP contribution in [0.15, 0.2) is 18.2 Å². The smallest absolute Gasteiger partial charge is 0.231 e. The maximum absolute atomic E-state index is 11.6. The van der Waals surface area contributed by atoms with Crippen LogP contribution in [0.2, 0.25) is 0 Å². The van der Waals surface area contributed by atoms with Gasteiger partial charge in [0.05, 0.1) is 0 Å². The number of aromatic nitrogens is 3. The summed E-state index contributed by atoms with van der Waals surface area (Å²) in [6, 6.07) is 5.55. The summed E-state index contributed by atoms with van der Waals surface area (Å²) >= 11 is 1.52. The van der Waals surface area contributed by atoms with Crippen molar-refractivity contribution in [2.75, 3.05) is 6.79 Å². The third kappa shape index (κ3) is 2.37. The molecule has 0 amide bonds. The van der Waals surface area contributed by atoms with Crippen LogP contribution in [0.3, 0.4) is 0 Å². The van der Waals surface area contributed by atoms with Gasteiger partial charge >= 0.3 is 0 Å². The molecule has 4 rings (SSSR count). The Bertz CT molecular complexity index is 897. The fourth-order valence-corrected chi connectivity index (χ4v) is 3.71. The van der Waals surface area contributed by atoms with Crippen molar-refractivity contribution in [2.45, 2.75) is 20.3 Å². The number of fused-ring (bicyclic) bond motifs is 2. The van der Waals surface area contributed by atoms with Crippen molar-refractivity contribution < 1.29 is 14.3 Å². The molecule has 0 aliphatic carbocycles. The van der Waals surface area contributed by atoms with Gasteiger partial charge in [0, 0.05) is 12.0 Å². The minimum absolute atomic E-state index is 0.220. The van der Waals surface area contributed by atoms with E-state index in [-0.39, 0.29) is 6.79 Å². The zero-order chi connectivity index (χ0) is 16.0. The minimum Gasteiger partial charge on any atom is -0.454 e. The lowest BCUT2D eigenvalue weighted by atomic mass is 10.1. The number of carbonyl (C=O) groups excluding carboxylic acids is 1. The normalized spacial score (nSPS) is 13.2. The van der Waals surface area contributed by atoms with E-state index >= 15 is 0 Å². The molecule has 0 bridgehead atoms. The molecule has 0 N–H and O–H groups in total. The highest BCUT2D eigenvalue weighted by molar-refractivity contribution is 7.16. The summed E-state index contributed by atoms with van der Waals surface area (Å²) in [4.78, 5) is 16.9. The van der Waals surface area contributed by atoms with Gasteiger partial charge in [-0.05, 0) is 24.1 Å². The lowest BCUT2D eigenvalue weighted by molar-refractivity contribution is 0.111. The number of rotatable bonds is 4. The predicted octanol–water partition coefficient (Wildman–Crippen LogP) is 3.20. The van der Waals surface area contributed by atoms with Crippen LogP contribution in [0.4, 0.5) is 0 Å². The summed E-state index contributed by atoms with van der Waals surface area (Å²) in [6.45, 7) is 4.50. The molecule has 7 heteroatoms. The van der Waals surface area contributed by atoms with Gasteiger partial charge in [-0.3, -0.25) is 4.79 Å². The van der Waals surface area contributed by atoms with Crippen LogP contribution >= 0.6 is 11.3 Å². The molecule has 118 valence electrons. The fraction of sp³-hybridized carbons (Fsp3) is 0.312. The Kier molecular flexibility index (Phi) is 3.30. The maximum atomic E-state index is 11.6. The fourth-order valence-electron chi connectivity index (χ4n) is 2.60. The molecule has 0 radical (unpaired) electrons. The molecule has 6 nitrogen and oxygen atoms in total. The van der Waals surface area contributed by atoms with E-state index in [4.69, 9.17) is 9.47 Å². The second-order valence-electron chi connectivity index (χ2n) is 5.82. The molecule has 1 aromatic carbocycles. The SMILES string of the molecule is CC(C)Cc1nn2c(C=O)c(-c3ccc4c(c3)OCO4)nc2s1. The first-order valence-electron chi connectivity index (χ1n) is 7.39. The Morgan fingerprint density at radius 3 is 2.96 bits per heavy atom. The topological polar surface area (TPSA) is 65.7 Å². The van der Waals surface area contributed by atoms with E-state index in [0.717, 1.165) is 28.2 Å². The van der Waals surface area contributed by atoms with Crippen LogP contribution in [-0.4, -0.2) is 27.7 Å². The minimum atomic E-state index is 0.220. The van der Waals surface area contributed by atoms with E-state index in [1.54, 1.807) is 4.52 Å². The van der Waals surface area contributed by atoms with Crippen LogP contribution in [0.5, 0.6) is 11.5 Å². The summed E-state index contributed by atoms with van der Waals surface area (Å²) in [5.74, 6) is 1.89. The number of hydrogen-bond donors (Lipinski definition) is 0. The van der Waals surface area contributed by atoms with Gasteiger partial charge in [0.15, 0.2) is 17.8 Å². The Balaban J connectivity index is 1.81. The molecule has 0 saturated heterocycles. The highest BCUT2D eigenvalue weighted by Gasteiger charge is 2.20. The van der Waals surface area contributed by atoms with Crippen molar-refractivity contribution in [2.24, 2.45) is 5.92 Å². The average molecular weight is 329 g/mol. The van der Waals surface area contributed by atoms with Crippen molar-refractivity contribution in [3.63, 3.8) is 0 Å². The monoisotopic (exact) mass is 329 g/mol. The molecule has 2 aromatic heterocycles. The summed E-state index contributed by atoms with van der Waals surface area (Å²) < 4.78 is 12.3. The zero-order valence-electron chi connectivity index (χ0n) is 12.8.